The van der Waals surface area contributed by atoms with E-state index < -0.39 is 0 Å². The summed E-state index contributed by atoms with van der Waals surface area (Å²) in [6.45, 7) is 0.332. The topological polar surface area (TPSA) is 160 Å². The number of nitrogens with zero attached hydrogens (tertiary/aromatic N) is 4. The number of aromatic nitrogens is 5. The van der Waals surface area contributed by atoms with E-state index in [1.165, 1.54) is 5.56 Å². The first-order valence-electron chi connectivity index (χ1n) is 11.0. The third-order valence-electron chi connectivity index (χ3n) is 5.51. The monoisotopic (exact) mass is 456 g/mol. The van der Waals surface area contributed by atoms with E-state index in [4.69, 9.17) is 35.6 Å². The molecule has 1 aliphatic carbocycles. The van der Waals surface area contributed by atoms with Crippen molar-refractivity contribution in [2.24, 2.45) is 5.73 Å². The molecule has 0 unspecified atom stereocenters. The molecule has 0 bridgehead atoms. The lowest BCUT2D eigenvalue weighted by Crippen LogP contribution is -2.27. The number of nitrogens with one attached hydrogen (secondary N) is 1. The fourth-order valence-corrected chi connectivity index (χ4v) is 3.90. The smallest absolute Gasteiger partial charge is 0.290 e. The lowest BCUT2D eigenvalue weighted by Gasteiger charge is -2.25. The fraction of sp³-hybridized carbons (Fsp3) is 0.435. The van der Waals surface area contributed by atoms with Gasteiger partial charge in [0.15, 0.2) is 5.82 Å². The van der Waals surface area contributed by atoms with Crippen molar-refractivity contribution in [3.05, 3.63) is 65.8 Å². The van der Waals surface area contributed by atoms with Gasteiger partial charge in [-0.3, -0.25) is 9.59 Å². The number of H-pyrrole nitrogens is 1. The van der Waals surface area contributed by atoms with Crippen molar-refractivity contribution in [1.29, 1.82) is 0 Å². The van der Waals surface area contributed by atoms with E-state index in [1.54, 1.807) is 6.33 Å². The number of carbonyl (C=O) groups is 2. The van der Waals surface area contributed by atoms with Crippen LogP contribution >= 0.6 is 0 Å². The highest BCUT2D eigenvalue weighted by molar-refractivity contribution is 5.33. The SMILES string of the molecule is NC1CCC(c2nc(CCc3ccccc3)nn2CCc2cnc[nH]2)CC1.O=CO.O=CO. The summed E-state index contributed by atoms with van der Waals surface area (Å²) in [6, 6.07) is 10.9. The maximum absolute atomic E-state index is 8.36. The third kappa shape index (κ3) is 8.85. The number of aromatic amines is 1. The molecule has 10 nitrogen and oxygen atoms in total. The van der Waals surface area contributed by atoms with E-state index >= 15 is 0 Å². The summed E-state index contributed by atoms with van der Waals surface area (Å²) in [4.78, 5) is 29.0. The Labute approximate surface area is 192 Å². The Morgan fingerprint density at radius 2 is 1.70 bits per heavy atom. The molecule has 178 valence electrons. The number of hydrogen-bond acceptors (Lipinski definition) is 6. The quantitative estimate of drug-likeness (QED) is 0.394. The molecule has 2 aromatic heterocycles. The lowest BCUT2D eigenvalue weighted by atomic mass is 9.86. The summed E-state index contributed by atoms with van der Waals surface area (Å²) < 4.78 is 2.13. The summed E-state index contributed by atoms with van der Waals surface area (Å²) in [7, 11) is 0. The molecule has 10 heteroatoms. The molecule has 2 heterocycles. The van der Waals surface area contributed by atoms with Gasteiger partial charge in [0.25, 0.3) is 12.9 Å². The van der Waals surface area contributed by atoms with Crippen molar-refractivity contribution >= 4 is 12.9 Å². The fourth-order valence-electron chi connectivity index (χ4n) is 3.90. The highest BCUT2D eigenvalue weighted by Crippen LogP contribution is 2.31. The van der Waals surface area contributed by atoms with E-state index in [9.17, 15) is 0 Å². The molecular formula is C23H32N6O4. The zero-order valence-corrected chi connectivity index (χ0v) is 18.6. The molecule has 0 amide bonds. The Bertz CT molecular complexity index is 916. The maximum atomic E-state index is 8.36. The summed E-state index contributed by atoms with van der Waals surface area (Å²) in [5.41, 5.74) is 8.56. The van der Waals surface area contributed by atoms with Crippen LogP contribution in [-0.2, 0) is 35.4 Å². The summed E-state index contributed by atoms with van der Waals surface area (Å²) >= 11 is 0. The van der Waals surface area contributed by atoms with Crippen LogP contribution in [0.15, 0.2) is 42.9 Å². The van der Waals surface area contributed by atoms with Crippen LogP contribution < -0.4 is 5.73 Å². The van der Waals surface area contributed by atoms with E-state index in [0.717, 1.165) is 68.8 Å². The van der Waals surface area contributed by atoms with Crippen LogP contribution in [0.3, 0.4) is 0 Å². The molecule has 0 saturated heterocycles. The second-order valence-corrected chi connectivity index (χ2v) is 7.74. The number of nitrogens with two attached hydrogens (primary N) is 1. The van der Waals surface area contributed by atoms with Crippen LogP contribution in [-0.4, -0.2) is 53.9 Å². The molecule has 1 aromatic carbocycles. The maximum Gasteiger partial charge on any atom is 0.290 e. The van der Waals surface area contributed by atoms with Crippen molar-refractivity contribution in [2.75, 3.05) is 0 Å². The first-order chi connectivity index (χ1) is 16.1. The number of carboxylic acid groups (broad SMARTS) is 2. The second-order valence-electron chi connectivity index (χ2n) is 7.74. The summed E-state index contributed by atoms with van der Waals surface area (Å²) in [6.07, 6.45) is 10.7. The van der Waals surface area contributed by atoms with E-state index in [-0.39, 0.29) is 12.9 Å². The first-order valence-corrected chi connectivity index (χ1v) is 11.0. The van der Waals surface area contributed by atoms with Gasteiger partial charge in [-0.25, -0.2) is 14.6 Å². The highest BCUT2D eigenvalue weighted by Gasteiger charge is 2.25. The van der Waals surface area contributed by atoms with Gasteiger partial charge < -0.3 is 20.9 Å². The molecule has 0 atom stereocenters. The van der Waals surface area contributed by atoms with Gasteiger partial charge in [-0.15, -0.1) is 0 Å². The normalized spacial score (nSPS) is 17.1. The third-order valence-corrected chi connectivity index (χ3v) is 5.51. The van der Waals surface area contributed by atoms with Crippen LogP contribution in [0.4, 0.5) is 0 Å². The molecule has 1 fully saturated rings. The van der Waals surface area contributed by atoms with E-state index in [2.05, 4.69) is 45.0 Å². The Kier molecular flexibility index (Phi) is 11.3. The van der Waals surface area contributed by atoms with Gasteiger partial charge in [-0.2, -0.15) is 5.10 Å². The van der Waals surface area contributed by atoms with Crippen molar-refractivity contribution in [3.8, 4) is 0 Å². The Morgan fingerprint density at radius 3 is 2.30 bits per heavy atom. The minimum absolute atomic E-state index is 0.250. The highest BCUT2D eigenvalue weighted by atomic mass is 16.3. The Balaban J connectivity index is 0.000000582. The average Bonchev–Trinajstić information content (AvgIpc) is 3.49. The minimum Gasteiger partial charge on any atom is -0.483 e. The largest absolute Gasteiger partial charge is 0.483 e. The van der Waals surface area contributed by atoms with Crippen molar-refractivity contribution in [3.63, 3.8) is 0 Å². The number of imidazole rings is 1. The lowest BCUT2D eigenvalue weighted by molar-refractivity contribution is -0.123. The van der Waals surface area contributed by atoms with Gasteiger partial charge in [0.2, 0.25) is 0 Å². The average molecular weight is 457 g/mol. The summed E-state index contributed by atoms with van der Waals surface area (Å²) in [5, 5.41) is 18.6. The molecule has 4 rings (SSSR count). The van der Waals surface area contributed by atoms with Crippen LogP contribution in [0.25, 0.3) is 0 Å². The minimum atomic E-state index is -0.250. The van der Waals surface area contributed by atoms with Crippen molar-refractivity contribution < 1.29 is 19.8 Å². The Morgan fingerprint density at radius 1 is 1.03 bits per heavy atom. The van der Waals surface area contributed by atoms with Gasteiger partial charge in [-0.1, -0.05) is 30.3 Å². The van der Waals surface area contributed by atoms with Crippen LogP contribution in [0.1, 0.15) is 54.5 Å². The molecule has 5 N–H and O–H groups in total. The first kappa shape index (κ1) is 25.7. The van der Waals surface area contributed by atoms with Crippen molar-refractivity contribution in [1.82, 2.24) is 24.7 Å². The van der Waals surface area contributed by atoms with E-state index in [0.29, 0.717) is 12.0 Å². The van der Waals surface area contributed by atoms with Gasteiger partial charge in [0.05, 0.1) is 6.33 Å². The van der Waals surface area contributed by atoms with Crippen LogP contribution in [0.5, 0.6) is 0 Å². The van der Waals surface area contributed by atoms with Crippen molar-refractivity contribution in [2.45, 2.75) is 63.5 Å². The standard InChI is InChI=1S/C21H28N6.2CH2O2/c22-18-9-7-17(8-10-18)21-25-20(11-6-16-4-2-1-3-5-16)26-27(21)13-12-19-14-23-15-24-19;2*2-1-3/h1-5,14-15,17-18H,6-13,22H2,(H,23,24);2*1H,(H,2,3). The number of aryl methyl sites for hydroxylation is 4. The summed E-state index contributed by atoms with van der Waals surface area (Å²) in [5.74, 6) is 2.57. The van der Waals surface area contributed by atoms with E-state index in [1.807, 2.05) is 6.20 Å². The number of hydrogen-bond donors (Lipinski definition) is 4. The van der Waals surface area contributed by atoms with Gasteiger partial charge in [0.1, 0.15) is 5.82 Å². The number of benzene rings is 1. The van der Waals surface area contributed by atoms with Gasteiger partial charge >= 0.3 is 0 Å². The van der Waals surface area contributed by atoms with Gasteiger partial charge in [0, 0.05) is 43.2 Å². The molecule has 0 spiro atoms. The zero-order chi connectivity index (χ0) is 23.9. The number of rotatable bonds is 7. The predicted molar refractivity (Wildman–Crippen MR) is 123 cm³/mol. The molecule has 1 saturated carbocycles. The molecule has 33 heavy (non-hydrogen) atoms. The van der Waals surface area contributed by atoms with Crippen LogP contribution in [0, 0.1) is 0 Å². The van der Waals surface area contributed by atoms with Gasteiger partial charge in [-0.05, 0) is 37.7 Å². The molecule has 0 aliphatic heterocycles. The predicted octanol–water partition coefficient (Wildman–Crippen LogP) is 2.42. The second kappa shape index (κ2) is 14.5. The zero-order valence-electron chi connectivity index (χ0n) is 18.6. The molecule has 0 radical (unpaired) electrons. The Hall–Kier alpha value is -3.53. The van der Waals surface area contributed by atoms with Crippen LogP contribution in [0.2, 0.25) is 0 Å². The molecular weight excluding hydrogens is 424 g/mol. The molecule has 3 aromatic rings. The molecule has 1 aliphatic rings.